The lowest BCUT2D eigenvalue weighted by atomic mass is 9.89. The normalized spacial score (nSPS) is 17.7. The van der Waals surface area contributed by atoms with Crippen LogP contribution >= 0.6 is 0 Å². The van der Waals surface area contributed by atoms with Gasteiger partial charge in [-0.3, -0.25) is 4.79 Å². The van der Waals surface area contributed by atoms with Gasteiger partial charge in [-0.2, -0.15) is 0 Å². The number of hydrogen-bond donors (Lipinski definition) is 1. The van der Waals surface area contributed by atoms with Gasteiger partial charge in [-0.15, -0.1) is 0 Å². The number of hydrogen-bond acceptors (Lipinski definition) is 5. The van der Waals surface area contributed by atoms with Gasteiger partial charge in [-0.1, -0.05) is 18.2 Å². The molecular weight excluding hydrogens is 396 g/mol. The quantitative estimate of drug-likeness (QED) is 0.733. The average Bonchev–Trinajstić information content (AvgIpc) is 2.72. The molecule has 0 bridgehead atoms. The molecular formula is C24H28N2O5. The number of ether oxygens (including phenoxy) is 2. The first-order valence-electron chi connectivity index (χ1n) is 10.3. The van der Waals surface area contributed by atoms with Crippen LogP contribution < -0.4 is 10.2 Å². The highest BCUT2D eigenvalue weighted by atomic mass is 16.6. The molecule has 0 aromatic heterocycles. The molecule has 0 aliphatic carbocycles. The maximum Gasteiger partial charge on any atom is 0.407 e. The van der Waals surface area contributed by atoms with Crippen molar-refractivity contribution in [1.82, 2.24) is 5.32 Å². The second kappa shape index (κ2) is 9.20. The van der Waals surface area contributed by atoms with Gasteiger partial charge in [0.15, 0.2) is 0 Å². The predicted octanol–water partition coefficient (Wildman–Crippen LogP) is 4.46. The van der Waals surface area contributed by atoms with Crippen LogP contribution in [-0.2, 0) is 14.3 Å². The number of nitrogens with one attached hydrogen (secondary N) is 1. The van der Waals surface area contributed by atoms with E-state index in [9.17, 15) is 14.4 Å². The van der Waals surface area contributed by atoms with Crippen LogP contribution in [0.1, 0.15) is 56.1 Å². The zero-order valence-electron chi connectivity index (χ0n) is 18.5. The van der Waals surface area contributed by atoms with E-state index in [0.717, 1.165) is 22.4 Å². The third kappa shape index (κ3) is 4.87. The molecule has 0 radical (unpaired) electrons. The number of fused-ring (bicyclic) bond motifs is 1. The number of rotatable bonds is 4. The summed E-state index contributed by atoms with van der Waals surface area (Å²) in [6, 6.07) is 12.6. The molecule has 2 aromatic carbocycles. The Balaban J connectivity index is 1.99. The van der Waals surface area contributed by atoms with E-state index in [1.165, 1.54) is 7.11 Å². The van der Waals surface area contributed by atoms with Crippen LogP contribution in [0, 0.1) is 0 Å². The second-order valence-corrected chi connectivity index (χ2v) is 7.97. The molecule has 2 atom stereocenters. The molecule has 1 aliphatic heterocycles. The highest BCUT2D eigenvalue weighted by molar-refractivity contribution is 5.94. The molecule has 0 fully saturated rings. The first-order chi connectivity index (χ1) is 14.7. The predicted molar refractivity (Wildman–Crippen MR) is 118 cm³/mol. The average molecular weight is 424 g/mol. The van der Waals surface area contributed by atoms with Crippen molar-refractivity contribution in [3.63, 3.8) is 0 Å². The largest absolute Gasteiger partial charge is 0.465 e. The first kappa shape index (κ1) is 22.3. The molecule has 0 spiro atoms. The monoisotopic (exact) mass is 424 g/mol. The van der Waals surface area contributed by atoms with Crippen molar-refractivity contribution in [1.29, 1.82) is 0 Å². The number of esters is 1. The molecule has 164 valence electrons. The minimum absolute atomic E-state index is 0.0489. The topological polar surface area (TPSA) is 84.9 Å². The first-order valence-corrected chi connectivity index (χ1v) is 10.3. The summed E-state index contributed by atoms with van der Waals surface area (Å²) >= 11 is 0. The maximum atomic E-state index is 12.3. The molecule has 1 heterocycles. The van der Waals surface area contributed by atoms with Crippen molar-refractivity contribution in [2.24, 2.45) is 0 Å². The third-order valence-corrected chi connectivity index (χ3v) is 5.29. The smallest absolute Gasteiger partial charge is 0.407 e. The number of nitrogens with zero attached hydrogens (tertiary/aromatic N) is 1. The van der Waals surface area contributed by atoms with E-state index in [0.29, 0.717) is 12.0 Å². The fraction of sp³-hybridized carbons (Fsp3) is 0.375. The molecule has 2 aromatic rings. The maximum absolute atomic E-state index is 12.3. The van der Waals surface area contributed by atoms with Crippen molar-refractivity contribution in [2.75, 3.05) is 12.0 Å². The SMILES string of the molecule is COC(=O)c1ccc(-c2ccc3c(c2)C(NC(=O)OC(C)C)CC(C)N3C(C)=O)cc1. The van der Waals surface area contributed by atoms with Gasteiger partial charge >= 0.3 is 12.1 Å². The minimum atomic E-state index is -0.484. The van der Waals surface area contributed by atoms with Crippen molar-refractivity contribution in [3.8, 4) is 11.1 Å². The standard InChI is InChI=1S/C24H28N2O5/c1-14(2)31-24(29)25-21-12-15(3)26(16(4)27)22-11-10-19(13-20(21)22)17-6-8-18(9-7-17)23(28)30-5/h6-11,13-15,21H,12H2,1-5H3,(H,25,29). The van der Waals surface area contributed by atoms with E-state index in [4.69, 9.17) is 9.47 Å². The molecule has 1 N–H and O–H groups in total. The Labute approximate surface area is 182 Å². The summed E-state index contributed by atoms with van der Waals surface area (Å²) in [5, 5.41) is 2.95. The summed E-state index contributed by atoms with van der Waals surface area (Å²) < 4.78 is 10.0. The van der Waals surface area contributed by atoms with E-state index in [1.54, 1.807) is 37.8 Å². The van der Waals surface area contributed by atoms with Gasteiger partial charge in [0.05, 0.1) is 24.8 Å². The van der Waals surface area contributed by atoms with Crippen LogP contribution in [0.25, 0.3) is 11.1 Å². The summed E-state index contributed by atoms with van der Waals surface area (Å²) in [5.74, 6) is -0.442. The number of amides is 2. The summed E-state index contributed by atoms with van der Waals surface area (Å²) in [5.41, 5.74) is 3.92. The van der Waals surface area contributed by atoms with Crippen LogP contribution in [0.4, 0.5) is 10.5 Å². The second-order valence-electron chi connectivity index (χ2n) is 7.97. The van der Waals surface area contributed by atoms with E-state index in [2.05, 4.69) is 5.32 Å². The summed E-state index contributed by atoms with van der Waals surface area (Å²) in [6.07, 6.45) is -0.138. The number of carbonyl (C=O) groups is 3. The molecule has 0 saturated heterocycles. The minimum Gasteiger partial charge on any atom is -0.465 e. The van der Waals surface area contributed by atoms with Gasteiger partial charge < -0.3 is 19.7 Å². The number of alkyl carbamates (subject to hydrolysis) is 1. The Bertz CT molecular complexity index is 984. The Kier molecular flexibility index (Phi) is 6.63. The fourth-order valence-electron chi connectivity index (χ4n) is 3.97. The summed E-state index contributed by atoms with van der Waals surface area (Å²) in [7, 11) is 1.35. The number of carbonyl (C=O) groups excluding carboxylic acids is 3. The van der Waals surface area contributed by atoms with Crippen molar-refractivity contribution in [2.45, 2.75) is 52.3 Å². The molecule has 31 heavy (non-hydrogen) atoms. The van der Waals surface area contributed by atoms with Crippen molar-refractivity contribution >= 4 is 23.7 Å². The van der Waals surface area contributed by atoms with Gasteiger partial charge in [0.1, 0.15) is 0 Å². The zero-order chi connectivity index (χ0) is 22.7. The van der Waals surface area contributed by atoms with Crippen LogP contribution in [0.3, 0.4) is 0 Å². The highest BCUT2D eigenvalue weighted by Crippen LogP contribution is 2.39. The third-order valence-electron chi connectivity index (χ3n) is 5.29. The Hall–Kier alpha value is -3.35. The zero-order valence-corrected chi connectivity index (χ0v) is 18.5. The lowest BCUT2D eigenvalue weighted by Gasteiger charge is -2.39. The number of methoxy groups -OCH3 is 1. The molecule has 7 nitrogen and oxygen atoms in total. The Morgan fingerprint density at radius 3 is 2.29 bits per heavy atom. The van der Waals surface area contributed by atoms with E-state index < -0.39 is 12.1 Å². The highest BCUT2D eigenvalue weighted by Gasteiger charge is 2.33. The number of anilines is 1. The lowest BCUT2D eigenvalue weighted by molar-refractivity contribution is -0.117. The van der Waals surface area contributed by atoms with E-state index >= 15 is 0 Å². The van der Waals surface area contributed by atoms with Crippen molar-refractivity contribution in [3.05, 3.63) is 53.6 Å². The van der Waals surface area contributed by atoms with Crippen molar-refractivity contribution < 1.29 is 23.9 Å². The molecule has 7 heteroatoms. The molecule has 2 amide bonds. The summed E-state index contributed by atoms with van der Waals surface area (Å²) in [6.45, 7) is 7.10. The fourth-order valence-corrected chi connectivity index (χ4v) is 3.97. The Morgan fingerprint density at radius 2 is 1.71 bits per heavy atom. The molecule has 2 unspecified atom stereocenters. The summed E-state index contributed by atoms with van der Waals surface area (Å²) in [4.78, 5) is 38.0. The number of benzene rings is 2. The molecule has 3 rings (SSSR count). The van der Waals surface area contributed by atoms with Gasteiger partial charge in [0, 0.05) is 18.7 Å². The van der Waals surface area contributed by atoms with Crippen LogP contribution in [0.15, 0.2) is 42.5 Å². The van der Waals surface area contributed by atoms with Crippen LogP contribution in [0.2, 0.25) is 0 Å². The van der Waals surface area contributed by atoms with E-state index in [1.807, 2.05) is 37.3 Å². The van der Waals surface area contributed by atoms with E-state index in [-0.39, 0.29) is 24.1 Å². The van der Waals surface area contributed by atoms with Gasteiger partial charge in [0.2, 0.25) is 5.91 Å². The van der Waals surface area contributed by atoms with Gasteiger partial charge in [-0.25, -0.2) is 9.59 Å². The van der Waals surface area contributed by atoms with Crippen LogP contribution in [-0.4, -0.2) is 37.2 Å². The van der Waals surface area contributed by atoms with Gasteiger partial charge in [-0.05, 0) is 68.1 Å². The molecule has 0 saturated carbocycles. The lowest BCUT2D eigenvalue weighted by Crippen LogP contribution is -2.45. The van der Waals surface area contributed by atoms with Crippen LogP contribution in [0.5, 0.6) is 0 Å². The van der Waals surface area contributed by atoms with Gasteiger partial charge in [0.25, 0.3) is 0 Å². The Morgan fingerprint density at radius 1 is 1.06 bits per heavy atom. The molecule has 1 aliphatic rings.